The second-order valence-corrected chi connectivity index (χ2v) is 6.74. The SMILES string of the molecule is COc1cccc2sc(N3CCN(c4ccccc4F)CC3)nc12. The van der Waals surface area contributed by atoms with Crippen LogP contribution in [0.25, 0.3) is 10.2 Å². The van der Waals surface area contributed by atoms with Crippen molar-refractivity contribution in [2.24, 2.45) is 0 Å². The molecule has 0 bridgehead atoms. The topological polar surface area (TPSA) is 28.6 Å². The van der Waals surface area contributed by atoms with Crippen LogP contribution in [-0.2, 0) is 0 Å². The highest BCUT2D eigenvalue weighted by Gasteiger charge is 2.22. The fraction of sp³-hybridized carbons (Fsp3) is 0.278. The number of para-hydroxylation sites is 2. The molecule has 0 aliphatic carbocycles. The molecule has 3 aromatic rings. The Morgan fingerprint density at radius 3 is 2.50 bits per heavy atom. The highest BCUT2D eigenvalue weighted by Crippen LogP contribution is 2.34. The zero-order valence-electron chi connectivity index (χ0n) is 13.4. The van der Waals surface area contributed by atoms with E-state index in [-0.39, 0.29) is 5.82 Å². The molecule has 0 spiro atoms. The van der Waals surface area contributed by atoms with Gasteiger partial charge in [-0.15, -0.1) is 0 Å². The van der Waals surface area contributed by atoms with Crippen molar-refractivity contribution in [3.8, 4) is 5.75 Å². The number of rotatable bonds is 3. The summed E-state index contributed by atoms with van der Waals surface area (Å²) >= 11 is 1.68. The van der Waals surface area contributed by atoms with E-state index >= 15 is 0 Å². The van der Waals surface area contributed by atoms with Gasteiger partial charge in [0.1, 0.15) is 17.1 Å². The van der Waals surface area contributed by atoms with Gasteiger partial charge in [0.15, 0.2) is 5.13 Å². The largest absolute Gasteiger partial charge is 0.494 e. The normalized spacial score (nSPS) is 15.1. The molecule has 1 aliphatic heterocycles. The lowest BCUT2D eigenvalue weighted by Crippen LogP contribution is -2.46. The lowest BCUT2D eigenvalue weighted by atomic mass is 10.2. The van der Waals surface area contributed by atoms with Gasteiger partial charge in [-0.3, -0.25) is 0 Å². The number of benzene rings is 2. The maximum absolute atomic E-state index is 13.9. The number of aromatic nitrogens is 1. The first kappa shape index (κ1) is 15.2. The predicted octanol–water partition coefficient (Wildman–Crippen LogP) is 3.77. The Hall–Kier alpha value is -2.34. The zero-order chi connectivity index (χ0) is 16.5. The number of piperazine rings is 1. The van der Waals surface area contributed by atoms with Crippen LogP contribution in [0.4, 0.5) is 15.2 Å². The lowest BCUT2D eigenvalue weighted by molar-refractivity contribution is 0.419. The summed E-state index contributed by atoms with van der Waals surface area (Å²) in [6, 6.07) is 12.9. The third-order valence-corrected chi connectivity index (χ3v) is 5.42. The van der Waals surface area contributed by atoms with Crippen molar-refractivity contribution in [2.75, 3.05) is 43.1 Å². The number of hydrogen-bond acceptors (Lipinski definition) is 5. The summed E-state index contributed by atoms with van der Waals surface area (Å²) in [4.78, 5) is 9.11. The minimum atomic E-state index is -0.157. The Balaban J connectivity index is 1.53. The first-order valence-electron chi connectivity index (χ1n) is 7.94. The van der Waals surface area contributed by atoms with E-state index in [1.807, 2.05) is 24.3 Å². The Morgan fingerprint density at radius 2 is 1.75 bits per heavy atom. The zero-order valence-corrected chi connectivity index (χ0v) is 14.2. The van der Waals surface area contributed by atoms with Gasteiger partial charge in [-0.1, -0.05) is 29.5 Å². The lowest BCUT2D eigenvalue weighted by Gasteiger charge is -2.36. The highest BCUT2D eigenvalue weighted by atomic mass is 32.1. The van der Waals surface area contributed by atoms with E-state index in [0.717, 1.165) is 47.3 Å². The first-order valence-corrected chi connectivity index (χ1v) is 8.76. The van der Waals surface area contributed by atoms with Crippen LogP contribution in [0, 0.1) is 5.82 Å². The summed E-state index contributed by atoms with van der Waals surface area (Å²) in [6.45, 7) is 3.23. The van der Waals surface area contributed by atoms with Crippen LogP contribution in [0.1, 0.15) is 0 Å². The number of methoxy groups -OCH3 is 1. The van der Waals surface area contributed by atoms with E-state index in [9.17, 15) is 4.39 Å². The molecule has 0 N–H and O–H groups in total. The van der Waals surface area contributed by atoms with Crippen molar-refractivity contribution in [3.63, 3.8) is 0 Å². The molecule has 4 rings (SSSR count). The molecule has 1 saturated heterocycles. The van der Waals surface area contributed by atoms with Gasteiger partial charge in [-0.25, -0.2) is 9.37 Å². The maximum Gasteiger partial charge on any atom is 0.186 e. The monoisotopic (exact) mass is 343 g/mol. The molecule has 0 unspecified atom stereocenters. The minimum Gasteiger partial charge on any atom is -0.494 e. The molecule has 0 radical (unpaired) electrons. The number of nitrogens with zero attached hydrogens (tertiary/aromatic N) is 3. The average Bonchev–Trinajstić information content (AvgIpc) is 3.06. The molecule has 1 fully saturated rings. The van der Waals surface area contributed by atoms with E-state index in [1.165, 1.54) is 6.07 Å². The number of fused-ring (bicyclic) bond motifs is 1. The summed E-state index contributed by atoms with van der Waals surface area (Å²) < 4.78 is 20.5. The van der Waals surface area contributed by atoms with Crippen molar-refractivity contribution in [2.45, 2.75) is 0 Å². The summed E-state index contributed by atoms with van der Waals surface area (Å²) in [6.07, 6.45) is 0. The van der Waals surface area contributed by atoms with Crippen LogP contribution in [0.5, 0.6) is 5.75 Å². The number of hydrogen-bond donors (Lipinski definition) is 0. The first-order chi connectivity index (χ1) is 11.8. The predicted molar refractivity (Wildman–Crippen MR) is 97.0 cm³/mol. The van der Waals surface area contributed by atoms with E-state index in [1.54, 1.807) is 24.5 Å². The van der Waals surface area contributed by atoms with Gasteiger partial charge in [-0.2, -0.15) is 0 Å². The van der Waals surface area contributed by atoms with Crippen LogP contribution in [0.3, 0.4) is 0 Å². The van der Waals surface area contributed by atoms with Crippen LogP contribution in [-0.4, -0.2) is 38.3 Å². The average molecular weight is 343 g/mol. The fourth-order valence-corrected chi connectivity index (χ4v) is 4.09. The van der Waals surface area contributed by atoms with E-state index in [0.29, 0.717) is 5.69 Å². The molecule has 2 heterocycles. The van der Waals surface area contributed by atoms with Crippen LogP contribution < -0.4 is 14.5 Å². The minimum absolute atomic E-state index is 0.157. The summed E-state index contributed by atoms with van der Waals surface area (Å²) in [5.41, 5.74) is 1.60. The van der Waals surface area contributed by atoms with Gasteiger partial charge in [0.05, 0.1) is 17.5 Å². The molecule has 0 atom stereocenters. The van der Waals surface area contributed by atoms with Crippen molar-refractivity contribution < 1.29 is 9.13 Å². The maximum atomic E-state index is 13.9. The van der Waals surface area contributed by atoms with E-state index in [2.05, 4.69) is 15.9 Å². The fourth-order valence-electron chi connectivity index (χ4n) is 3.06. The van der Waals surface area contributed by atoms with Gasteiger partial charge in [0.2, 0.25) is 0 Å². The van der Waals surface area contributed by atoms with Crippen molar-refractivity contribution in [3.05, 3.63) is 48.3 Å². The van der Waals surface area contributed by atoms with Gasteiger partial charge in [0.25, 0.3) is 0 Å². The molecular weight excluding hydrogens is 325 g/mol. The molecule has 2 aromatic carbocycles. The number of halogens is 1. The van der Waals surface area contributed by atoms with Gasteiger partial charge >= 0.3 is 0 Å². The molecule has 24 heavy (non-hydrogen) atoms. The quantitative estimate of drug-likeness (QED) is 0.724. The van der Waals surface area contributed by atoms with Crippen LogP contribution in [0.15, 0.2) is 42.5 Å². The van der Waals surface area contributed by atoms with Crippen LogP contribution in [0.2, 0.25) is 0 Å². The summed E-state index contributed by atoms with van der Waals surface area (Å²) in [7, 11) is 1.67. The number of anilines is 2. The van der Waals surface area contributed by atoms with Crippen molar-refractivity contribution in [1.29, 1.82) is 0 Å². The Bertz CT molecular complexity index is 858. The molecular formula is C18H18FN3OS. The van der Waals surface area contributed by atoms with Gasteiger partial charge in [0, 0.05) is 26.2 Å². The Labute approximate surface area is 144 Å². The standard InChI is InChI=1S/C18H18FN3OS/c1-23-15-7-4-8-16-17(15)20-18(24-16)22-11-9-21(10-12-22)14-6-3-2-5-13(14)19/h2-8H,9-12H2,1H3. The van der Waals surface area contributed by atoms with Gasteiger partial charge < -0.3 is 14.5 Å². The second kappa shape index (κ2) is 6.28. The van der Waals surface area contributed by atoms with Crippen molar-refractivity contribution in [1.82, 2.24) is 4.98 Å². The Kier molecular flexibility index (Phi) is 3.98. The number of thiazole rings is 1. The second-order valence-electron chi connectivity index (χ2n) is 5.73. The highest BCUT2D eigenvalue weighted by molar-refractivity contribution is 7.22. The Morgan fingerprint density at radius 1 is 1.00 bits per heavy atom. The third-order valence-electron chi connectivity index (χ3n) is 4.33. The van der Waals surface area contributed by atoms with E-state index in [4.69, 9.17) is 9.72 Å². The molecule has 124 valence electrons. The summed E-state index contributed by atoms with van der Waals surface area (Å²) in [5.74, 6) is 0.649. The molecule has 0 amide bonds. The molecule has 6 heteroatoms. The van der Waals surface area contributed by atoms with Crippen molar-refractivity contribution >= 4 is 32.4 Å². The molecule has 1 aliphatic rings. The molecule has 1 aromatic heterocycles. The molecule has 4 nitrogen and oxygen atoms in total. The number of ether oxygens (including phenoxy) is 1. The van der Waals surface area contributed by atoms with E-state index < -0.39 is 0 Å². The summed E-state index contributed by atoms with van der Waals surface area (Å²) in [5, 5.41) is 1.00. The molecule has 0 saturated carbocycles. The third kappa shape index (κ3) is 2.67. The van der Waals surface area contributed by atoms with Gasteiger partial charge in [-0.05, 0) is 24.3 Å². The van der Waals surface area contributed by atoms with Crippen LogP contribution >= 0.6 is 11.3 Å². The smallest absolute Gasteiger partial charge is 0.186 e.